The average Bonchev–Trinajstić information content (AvgIpc) is 2.77. The van der Waals surface area contributed by atoms with Crippen molar-refractivity contribution in [2.45, 2.75) is 25.4 Å². The van der Waals surface area contributed by atoms with E-state index in [4.69, 9.17) is 22.7 Å². The number of thiocarbonyl (C=S) groups is 1. The van der Waals surface area contributed by atoms with Gasteiger partial charge in [-0.25, -0.2) is 0 Å². The van der Waals surface area contributed by atoms with Crippen LogP contribution in [0.5, 0.6) is 5.75 Å². The van der Waals surface area contributed by atoms with Gasteiger partial charge in [0.15, 0.2) is 0 Å². The zero-order valence-electron chi connectivity index (χ0n) is 10.4. The molecule has 1 aliphatic heterocycles. The van der Waals surface area contributed by atoms with E-state index >= 15 is 0 Å². The summed E-state index contributed by atoms with van der Waals surface area (Å²) >= 11 is 8.63. The van der Waals surface area contributed by atoms with Crippen molar-refractivity contribution in [3.8, 4) is 5.75 Å². The van der Waals surface area contributed by atoms with Gasteiger partial charge in [0, 0.05) is 6.54 Å². The summed E-state index contributed by atoms with van der Waals surface area (Å²) in [4.78, 5) is 2.96. The lowest BCUT2D eigenvalue weighted by atomic mass is 10.2. The molecule has 3 nitrogen and oxygen atoms in total. The minimum atomic E-state index is 0.251. The summed E-state index contributed by atoms with van der Waals surface area (Å²) in [5.41, 5.74) is 7.02. The number of benzene rings is 1. The van der Waals surface area contributed by atoms with Gasteiger partial charge >= 0.3 is 0 Å². The third-order valence-corrected chi connectivity index (χ3v) is 4.19. The maximum absolute atomic E-state index is 5.78. The molecule has 0 bridgehead atoms. The van der Waals surface area contributed by atoms with Gasteiger partial charge in [0.25, 0.3) is 0 Å². The number of likely N-dealkylation sites (tertiary alicyclic amines) is 1. The van der Waals surface area contributed by atoms with E-state index in [2.05, 4.69) is 33.0 Å². The second-order valence-corrected chi connectivity index (χ2v) is 5.83. The van der Waals surface area contributed by atoms with E-state index in [1.54, 1.807) is 7.11 Å². The van der Waals surface area contributed by atoms with E-state index < -0.39 is 0 Å². The van der Waals surface area contributed by atoms with Crippen molar-refractivity contribution in [2.75, 3.05) is 13.7 Å². The van der Waals surface area contributed by atoms with E-state index in [-0.39, 0.29) is 6.04 Å². The summed E-state index contributed by atoms with van der Waals surface area (Å²) in [7, 11) is 1.67. The van der Waals surface area contributed by atoms with E-state index in [0.29, 0.717) is 4.99 Å². The molecule has 18 heavy (non-hydrogen) atoms. The van der Waals surface area contributed by atoms with Crippen LogP contribution in [0.25, 0.3) is 0 Å². The molecule has 1 saturated heterocycles. The van der Waals surface area contributed by atoms with Gasteiger partial charge in [0.2, 0.25) is 0 Å². The van der Waals surface area contributed by atoms with Crippen LogP contribution in [0.2, 0.25) is 0 Å². The topological polar surface area (TPSA) is 38.5 Å². The monoisotopic (exact) mass is 328 g/mol. The number of hydrogen-bond acceptors (Lipinski definition) is 3. The number of ether oxygens (including phenoxy) is 1. The SMILES string of the molecule is COc1ccc(CN2CCCC2C(N)=S)cc1Br. The van der Waals surface area contributed by atoms with Crippen molar-refractivity contribution in [1.82, 2.24) is 4.90 Å². The van der Waals surface area contributed by atoms with E-state index in [1.165, 1.54) is 12.0 Å². The fourth-order valence-electron chi connectivity index (χ4n) is 2.38. The molecular formula is C13H17BrN2OS. The lowest BCUT2D eigenvalue weighted by Gasteiger charge is -2.23. The lowest BCUT2D eigenvalue weighted by molar-refractivity contribution is 0.295. The molecule has 0 spiro atoms. The second-order valence-electron chi connectivity index (χ2n) is 4.50. The minimum Gasteiger partial charge on any atom is -0.496 e. The highest BCUT2D eigenvalue weighted by Crippen LogP contribution is 2.27. The fraction of sp³-hybridized carbons (Fsp3) is 0.462. The van der Waals surface area contributed by atoms with Crippen LogP contribution < -0.4 is 10.5 Å². The van der Waals surface area contributed by atoms with Crippen LogP contribution in [0, 0.1) is 0 Å². The highest BCUT2D eigenvalue weighted by atomic mass is 79.9. The minimum absolute atomic E-state index is 0.251. The molecule has 1 heterocycles. The molecule has 0 aromatic heterocycles. The van der Waals surface area contributed by atoms with Gasteiger partial charge in [0.05, 0.1) is 22.6 Å². The van der Waals surface area contributed by atoms with Crippen LogP contribution in [0.15, 0.2) is 22.7 Å². The van der Waals surface area contributed by atoms with Gasteiger partial charge < -0.3 is 10.5 Å². The first-order chi connectivity index (χ1) is 8.61. The Morgan fingerprint density at radius 1 is 1.61 bits per heavy atom. The smallest absolute Gasteiger partial charge is 0.133 e. The lowest BCUT2D eigenvalue weighted by Crippen LogP contribution is -2.38. The number of hydrogen-bond donors (Lipinski definition) is 1. The Bertz CT molecular complexity index is 453. The average molecular weight is 329 g/mol. The molecule has 0 saturated carbocycles. The van der Waals surface area contributed by atoms with Crippen molar-refractivity contribution >= 4 is 33.1 Å². The first-order valence-electron chi connectivity index (χ1n) is 5.97. The fourth-order valence-corrected chi connectivity index (χ4v) is 3.24. The molecular weight excluding hydrogens is 312 g/mol. The second kappa shape index (κ2) is 5.99. The van der Waals surface area contributed by atoms with Crippen molar-refractivity contribution in [3.05, 3.63) is 28.2 Å². The molecule has 1 atom stereocenters. The summed E-state index contributed by atoms with van der Waals surface area (Å²) < 4.78 is 6.21. The molecule has 2 N–H and O–H groups in total. The molecule has 1 unspecified atom stereocenters. The maximum atomic E-state index is 5.78. The van der Waals surface area contributed by atoms with Gasteiger partial charge in [-0.2, -0.15) is 0 Å². The first kappa shape index (κ1) is 13.8. The number of nitrogens with two attached hydrogens (primary N) is 1. The molecule has 1 aliphatic rings. The van der Waals surface area contributed by atoms with E-state index in [9.17, 15) is 0 Å². The predicted octanol–water partition coefficient (Wildman–Crippen LogP) is 2.71. The van der Waals surface area contributed by atoms with Crippen molar-refractivity contribution in [1.29, 1.82) is 0 Å². The van der Waals surface area contributed by atoms with Crippen molar-refractivity contribution < 1.29 is 4.74 Å². The molecule has 1 aromatic carbocycles. The van der Waals surface area contributed by atoms with Crippen LogP contribution >= 0.6 is 28.1 Å². The third kappa shape index (κ3) is 3.02. The molecule has 1 fully saturated rings. The Kier molecular flexibility index (Phi) is 4.59. The van der Waals surface area contributed by atoms with Crippen molar-refractivity contribution in [2.24, 2.45) is 5.73 Å². The Morgan fingerprint density at radius 2 is 2.39 bits per heavy atom. The van der Waals surface area contributed by atoms with Gasteiger partial charge in [-0.15, -0.1) is 0 Å². The van der Waals surface area contributed by atoms with Crippen LogP contribution in [0.4, 0.5) is 0 Å². The predicted molar refractivity (Wildman–Crippen MR) is 80.9 cm³/mol. The standard InChI is InChI=1S/C13H17BrN2OS/c1-17-12-5-4-9(7-10(12)14)8-16-6-2-3-11(16)13(15)18/h4-5,7,11H,2-3,6,8H2,1H3,(H2,15,18). The third-order valence-electron chi connectivity index (χ3n) is 3.29. The zero-order chi connectivity index (χ0) is 13.1. The molecule has 0 amide bonds. The summed E-state index contributed by atoms with van der Waals surface area (Å²) in [6.45, 7) is 1.94. The normalized spacial score (nSPS) is 20.0. The number of halogens is 1. The van der Waals surface area contributed by atoms with Gasteiger partial charge in [-0.1, -0.05) is 18.3 Å². The maximum Gasteiger partial charge on any atom is 0.133 e. The van der Waals surface area contributed by atoms with Crippen LogP contribution in [-0.2, 0) is 6.54 Å². The molecule has 98 valence electrons. The van der Waals surface area contributed by atoms with Gasteiger partial charge in [0.1, 0.15) is 5.75 Å². The summed E-state index contributed by atoms with van der Waals surface area (Å²) in [6.07, 6.45) is 2.24. The highest BCUT2D eigenvalue weighted by molar-refractivity contribution is 9.10. The molecule has 2 rings (SSSR count). The van der Waals surface area contributed by atoms with Crippen LogP contribution in [-0.4, -0.2) is 29.6 Å². The number of rotatable bonds is 4. The highest BCUT2D eigenvalue weighted by Gasteiger charge is 2.26. The van der Waals surface area contributed by atoms with Crippen molar-refractivity contribution in [3.63, 3.8) is 0 Å². The van der Waals surface area contributed by atoms with Crippen LogP contribution in [0.3, 0.4) is 0 Å². The Balaban J connectivity index is 2.09. The molecule has 0 aliphatic carbocycles. The van der Waals surface area contributed by atoms with E-state index in [1.807, 2.05) is 6.07 Å². The van der Waals surface area contributed by atoms with Gasteiger partial charge in [-0.05, 0) is 53.0 Å². The summed E-state index contributed by atoms with van der Waals surface area (Å²) in [5.74, 6) is 0.853. The number of nitrogens with zero attached hydrogens (tertiary/aromatic N) is 1. The zero-order valence-corrected chi connectivity index (χ0v) is 12.8. The Morgan fingerprint density at radius 3 is 3.00 bits per heavy atom. The quantitative estimate of drug-likeness (QED) is 0.862. The Hall–Kier alpha value is -0.650. The van der Waals surface area contributed by atoms with Crippen LogP contribution in [0.1, 0.15) is 18.4 Å². The first-order valence-corrected chi connectivity index (χ1v) is 7.17. The largest absolute Gasteiger partial charge is 0.496 e. The van der Waals surface area contributed by atoms with E-state index in [0.717, 1.165) is 29.7 Å². The molecule has 5 heteroatoms. The molecule has 0 radical (unpaired) electrons. The number of methoxy groups -OCH3 is 1. The summed E-state index contributed by atoms with van der Waals surface area (Å²) in [5, 5.41) is 0. The molecule has 1 aromatic rings. The van der Waals surface area contributed by atoms with Gasteiger partial charge in [-0.3, -0.25) is 4.90 Å². The summed E-state index contributed by atoms with van der Waals surface area (Å²) in [6, 6.07) is 6.40. The Labute approximate surface area is 121 Å².